The lowest BCUT2D eigenvalue weighted by Gasteiger charge is -2.20. The SMILES string of the molecule is CCN(CC)C(=O)Oc1ccc2c(ccn2Cc2ccc(F)cc2Cl)c1-c1cc(F)cc(F)c1. The summed E-state index contributed by atoms with van der Waals surface area (Å²) in [5.41, 5.74) is 2.06. The van der Waals surface area contributed by atoms with Crippen molar-refractivity contribution in [3.05, 3.63) is 88.8 Å². The molecule has 1 heterocycles. The van der Waals surface area contributed by atoms with E-state index >= 15 is 0 Å². The summed E-state index contributed by atoms with van der Waals surface area (Å²) in [7, 11) is 0. The number of hydrogen-bond donors (Lipinski definition) is 0. The molecule has 0 atom stereocenters. The summed E-state index contributed by atoms with van der Waals surface area (Å²) >= 11 is 6.20. The standard InChI is InChI=1S/C26H22ClF3N2O2/c1-3-31(4-2)26(33)34-24-8-7-23-21(25(24)17-11-19(29)13-20(30)12-17)9-10-32(23)15-16-5-6-18(28)14-22(16)27/h5-14H,3-4,15H2,1-2H3. The number of halogens is 4. The predicted octanol–water partition coefficient (Wildman–Crippen LogP) is 7.27. The number of carbonyl (C=O) groups excluding carboxylic acids is 1. The summed E-state index contributed by atoms with van der Waals surface area (Å²) < 4.78 is 49.2. The van der Waals surface area contributed by atoms with Crippen molar-refractivity contribution in [1.29, 1.82) is 0 Å². The summed E-state index contributed by atoms with van der Waals surface area (Å²) in [6, 6.07) is 12.5. The van der Waals surface area contributed by atoms with Gasteiger partial charge in [0.15, 0.2) is 0 Å². The number of fused-ring (bicyclic) bond motifs is 1. The molecule has 0 bridgehead atoms. The predicted molar refractivity (Wildman–Crippen MR) is 127 cm³/mol. The van der Waals surface area contributed by atoms with Crippen molar-refractivity contribution in [3.8, 4) is 16.9 Å². The molecule has 0 aliphatic carbocycles. The van der Waals surface area contributed by atoms with Gasteiger partial charge < -0.3 is 14.2 Å². The summed E-state index contributed by atoms with van der Waals surface area (Å²) in [5, 5.41) is 0.923. The molecule has 0 saturated heterocycles. The number of rotatable bonds is 6. The van der Waals surface area contributed by atoms with Gasteiger partial charge in [-0.05, 0) is 67.4 Å². The van der Waals surface area contributed by atoms with Crippen LogP contribution in [0.1, 0.15) is 19.4 Å². The highest BCUT2D eigenvalue weighted by Gasteiger charge is 2.20. The van der Waals surface area contributed by atoms with Gasteiger partial charge >= 0.3 is 6.09 Å². The molecule has 0 unspecified atom stereocenters. The van der Waals surface area contributed by atoms with Gasteiger partial charge in [-0.2, -0.15) is 0 Å². The Balaban J connectivity index is 1.85. The Labute approximate surface area is 200 Å². The van der Waals surface area contributed by atoms with E-state index in [4.69, 9.17) is 16.3 Å². The third kappa shape index (κ3) is 4.75. The number of hydrogen-bond acceptors (Lipinski definition) is 2. The van der Waals surface area contributed by atoms with Crippen LogP contribution in [0.3, 0.4) is 0 Å². The van der Waals surface area contributed by atoms with Crippen molar-refractivity contribution in [3.63, 3.8) is 0 Å². The first-order chi connectivity index (χ1) is 16.3. The van der Waals surface area contributed by atoms with Gasteiger partial charge in [0.25, 0.3) is 0 Å². The molecule has 3 aromatic carbocycles. The van der Waals surface area contributed by atoms with Gasteiger partial charge in [-0.3, -0.25) is 0 Å². The molecule has 176 valence electrons. The zero-order chi connectivity index (χ0) is 24.4. The minimum Gasteiger partial charge on any atom is -0.410 e. The average Bonchev–Trinajstić information content (AvgIpc) is 3.18. The highest BCUT2D eigenvalue weighted by molar-refractivity contribution is 6.31. The number of aromatic nitrogens is 1. The van der Waals surface area contributed by atoms with Crippen LogP contribution in [0.4, 0.5) is 18.0 Å². The lowest BCUT2D eigenvalue weighted by Crippen LogP contribution is -2.33. The van der Waals surface area contributed by atoms with Gasteiger partial charge in [0, 0.05) is 53.4 Å². The molecular formula is C26H22ClF3N2O2. The van der Waals surface area contributed by atoms with Crippen LogP contribution in [0.15, 0.2) is 60.8 Å². The van der Waals surface area contributed by atoms with E-state index in [9.17, 15) is 18.0 Å². The van der Waals surface area contributed by atoms with Gasteiger partial charge in [0.2, 0.25) is 0 Å². The number of ether oxygens (including phenoxy) is 1. The number of nitrogens with zero attached hydrogens (tertiary/aromatic N) is 2. The van der Waals surface area contributed by atoms with Crippen LogP contribution in [0.2, 0.25) is 5.02 Å². The summed E-state index contributed by atoms with van der Waals surface area (Å²) in [4.78, 5) is 14.1. The van der Waals surface area contributed by atoms with Crippen LogP contribution in [0.5, 0.6) is 5.75 Å². The van der Waals surface area contributed by atoms with Crippen LogP contribution in [-0.2, 0) is 6.54 Å². The minimum absolute atomic E-state index is 0.187. The normalized spacial score (nSPS) is 11.1. The molecule has 0 spiro atoms. The third-order valence-electron chi connectivity index (χ3n) is 5.64. The van der Waals surface area contributed by atoms with Gasteiger partial charge in [0.1, 0.15) is 23.2 Å². The smallest absolute Gasteiger partial charge is 0.410 e. The Morgan fingerprint density at radius 3 is 2.29 bits per heavy atom. The molecule has 1 amide bonds. The van der Waals surface area contributed by atoms with Crippen LogP contribution in [0, 0.1) is 17.5 Å². The lowest BCUT2D eigenvalue weighted by atomic mass is 10.00. The van der Waals surface area contributed by atoms with Crippen LogP contribution >= 0.6 is 11.6 Å². The van der Waals surface area contributed by atoms with Crippen molar-refractivity contribution in [2.24, 2.45) is 0 Å². The van der Waals surface area contributed by atoms with Crippen molar-refractivity contribution in [2.45, 2.75) is 20.4 Å². The van der Waals surface area contributed by atoms with Crippen LogP contribution in [0.25, 0.3) is 22.0 Å². The van der Waals surface area contributed by atoms with Gasteiger partial charge in [0.05, 0.1) is 0 Å². The first kappa shape index (κ1) is 23.7. The molecule has 0 fully saturated rings. The number of carbonyl (C=O) groups is 1. The second-order valence-corrected chi connectivity index (χ2v) is 8.16. The molecule has 34 heavy (non-hydrogen) atoms. The first-order valence-corrected chi connectivity index (χ1v) is 11.2. The minimum atomic E-state index is -0.745. The topological polar surface area (TPSA) is 34.5 Å². The molecular weight excluding hydrogens is 465 g/mol. The monoisotopic (exact) mass is 486 g/mol. The molecule has 0 aliphatic heterocycles. The van der Waals surface area contributed by atoms with Crippen LogP contribution in [-0.4, -0.2) is 28.6 Å². The lowest BCUT2D eigenvalue weighted by molar-refractivity contribution is 0.157. The molecule has 1 aromatic heterocycles. The number of benzene rings is 3. The molecule has 8 heteroatoms. The quantitative estimate of drug-likeness (QED) is 0.287. The third-order valence-corrected chi connectivity index (χ3v) is 5.99. The van der Waals surface area contributed by atoms with Crippen molar-refractivity contribution in [1.82, 2.24) is 9.47 Å². The Hall–Kier alpha value is -3.45. The Kier molecular flexibility index (Phi) is 6.84. The number of amides is 1. The first-order valence-electron chi connectivity index (χ1n) is 10.8. The Bertz CT molecular complexity index is 1350. The highest BCUT2D eigenvalue weighted by Crippen LogP contribution is 2.39. The second kappa shape index (κ2) is 9.81. The van der Waals surface area contributed by atoms with Crippen molar-refractivity contribution < 1.29 is 22.7 Å². The van der Waals surface area contributed by atoms with E-state index in [-0.39, 0.29) is 11.3 Å². The van der Waals surface area contributed by atoms with Crippen molar-refractivity contribution in [2.75, 3.05) is 13.1 Å². The van der Waals surface area contributed by atoms with E-state index in [2.05, 4.69) is 0 Å². The molecule has 0 aliphatic rings. The fourth-order valence-corrected chi connectivity index (χ4v) is 4.17. The zero-order valence-corrected chi connectivity index (χ0v) is 19.4. The highest BCUT2D eigenvalue weighted by atomic mass is 35.5. The van der Waals surface area contributed by atoms with Gasteiger partial charge in [-0.1, -0.05) is 17.7 Å². The fourth-order valence-electron chi connectivity index (χ4n) is 3.95. The fraction of sp³-hybridized carbons (Fsp3) is 0.192. The largest absolute Gasteiger partial charge is 0.415 e. The van der Waals surface area contributed by atoms with E-state index in [1.54, 1.807) is 30.5 Å². The van der Waals surface area contributed by atoms with Crippen LogP contribution < -0.4 is 4.74 Å². The Morgan fingerprint density at radius 2 is 1.65 bits per heavy atom. The molecule has 4 nitrogen and oxygen atoms in total. The maximum absolute atomic E-state index is 14.1. The molecule has 0 saturated carbocycles. The maximum atomic E-state index is 14.1. The van der Waals surface area contributed by atoms with Gasteiger partial charge in [-0.25, -0.2) is 18.0 Å². The summed E-state index contributed by atoms with van der Waals surface area (Å²) in [5.74, 6) is -1.73. The molecule has 4 aromatic rings. The molecule has 0 radical (unpaired) electrons. The van der Waals surface area contributed by atoms with E-state index in [1.807, 2.05) is 18.4 Å². The van der Waals surface area contributed by atoms with E-state index in [1.165, 1.54) is 29.2 Å². The van der Waals surface area contributed by atoms with E-state index in [0.717, 1.165) is 11.6 Å². The molecule has 4 rings (SSSR count). The zero-order valence-electron chi connectivity index (χ0n) is 18.6. The Morgan fingerprint density at radius 1 is 0.941 bits per heavy atom. The van der Waals surface area contributed by atoms with Crippen molar-refractivity contribution >= 4 is 28.6 Å². The molecule has 0 N–H and O–H groups in total. The van der Waals surface area contributed by atoms with E-state index < -0.39 is 23.5 Å². The second-order valence-electron chi connectivity index (χ2n) is 7.75. The van der Waals surface area contributed by atoms with Gasteiger partial charge in [-0.15, -0.1) is 0 Å². The summed E-state index contributed by atoms with van der Waals surface area (Å²) in [6.45, 7) is 4.92. The summed E-state index contributed by atoms with van der Waals surface area (Å²) in [6.07, 6.45) is 1.24. The average molecular weight is 487 g/mol. The maximum Gasteiger partial charge on any atom is 0.415 e. The van der Waals surface area contributed by atoms with E-state index in [0.29, 0.717) is 41.2 Å².